The number of hydrogen-bond donors (Lipinski definition) is 1. The van der Waals surface area contributed by atoms with Crippen molar-refractivity contribution in [3.63, 3.8) is 0 Å². The fraction of sp³-hybridized carbons (Fsp3) is 0.571. The zero-order chi connectivity index (χ0) is 15.7. The fourth-order valence-corrected chi connectivity index (χ4v) is 4.46. The molecule has 0 heterocycles. The summed E-state index contributed by atoms with van der Waals surface area (Å²) in [6.07, 6.45) is 0. The lowest BCUT2D eigenvalue weighted by molar-refractivity contribution is 0.310. The van der Waals surface area contributed by atoms with E-state index in [1.807, 2.05) is 33.8 Å². The van der Waals surface area contributed by atoms with Gasteiger partial charge in [0.05, 0.1) is 4.90 Å². The Morgan fingerprint density at radius 3 is 2.30 bits per heavy atom. The number of nitrogens with two attached hydrogens (primary N) is 1. The first-order chi connectivity index (χ1) is 8.99. The summed E-state index contributed by atoms with van der Waals surface area (Å²) >= 11 is 3.38. The van der Waals surface area contributed by atoms with Gasteiger partial charge in [-0.25, -0.2) is 12.7 Å². The molecule has 0 bridgehead atoms. The molecule has 0 radical (unpaired) electrons. The van der Waals surface area contributed by atoms with Crippen LogP contribution in [0.3, 0.4) is 0 Å². The van der Waals surface area contributed by atoms with Crippen LogP contribution in [0.15, 0.2) is 21.5 Å². The molecule has 0 atom stereocenters. The van der Waals surface area contributed by atoms with E-state index in [2.05, 4.69) is 15.9 Å². The molecule has 1 aromatic rings. The molecular formula is C14H23BrN2O2S. The van der Waals surface area contributed by atoms with Crippen molar-refractivity contribution >= 4 is 26.0 Å². The molecule has 0 spiro atoms. The summed E-state index contributed by atoms with van der Waals surface area (Å²) in [7, 11) is -1.92. The second kappa shape index (κ2) is 6.13. The molecule has 1 aromatic carbocycles. The number of hydrogen-bond acceptors (Lipinski definition) is 3. The Hall–Kier alpha value is -0.430. The van der Waals surface area contributed by atoms with Gasteiger partial charge in [-0.05, 0) is 45.5 Å². The minimum Gasteiger partial charge on any atom is -0.326 e. The molecule has 0 unspecified atom stereocenters. The van der Waals surface area contributed by atoms with Gasteiger partial charge in [0, 0.05) is 24.6 Å². The lowest BCUT2D eigenvalue weighted by Gasteiger charge is -2.26. The van der Waals surface area contributed by atoms with Crippen LogP contribution in [-0.4, -0.2) is 26.3 Å². The maximum Gasteiger partial charge on any atom is 0.243 e. The molecule has 4 nitrogen and oxygen atoms in total. The number of rotatable bonds is 4. The number of sulfonamides is 1. The van der Waals surface area contributed by atoms with Crippen molar-refractivity contribution in [2.24, 2.45) is 11.1 Å². The molecule has 20 heavy (non-hydrogen) atoms. The van der Waals surface area contributed by atoms with Gasteiger partial charge in [0.15, 0.2) is 0 Å². The van der Waals surface area contributed by atoms with E-state index in [-0.39, 0.29) is 10.3 Å². The van der Waals surface area contributed by atoms with E-state index in [0.29, 0.717) is 17.6 Å². The third kappa shape index (κ3) is 4.04. The summed E-state index contributed by atoms with van der Waals surface area (Å²) in [5, 5.41) is 0. The first-order valence-corrected chi connectivity index (χ1v) is 8.68. The SMILES string of the molecule is Cc1cc(CN)cc(S(=O)(=O)N(C)CC(C)(C)C)c1Br. The highest BCUT2D eigenvalue weighted by atomic mass is 79.9. The minimum atomic E-state index is -3.53. The second-order valence-electron chi connectivity index (χ2n) is 6.25. The van der Waals surface area contributed by atoms with Crippen LogP contribution in [0.25, 0.3) is 0 Å². The van der Waals surface area contributed by atoms with Crippen LogP contribution in [0.5, 0.6) is 0 Å². The number of halogens is 1. The van der Waals surface area contributed by atoms with Gasteiger partial charge in [-0.15, -0.1) is 0 Å². The first-order valence-electron chi connectivity index (χ1n) is 6.44. The molecule has 0 saturated carbocycles. The number of nitrogens with zero attached hydrogens (tertiary/aromatic N) is 1. The third-order valence-corrected chi connectivity index (χ3v) is 6.04. The molecule has 0 aliphatic heterocycles. The van der Waals surface area contributed by atoms with Gasteiger partial charge in [0.25, 0.3) is 0 Å². The Balaban J connectivity index is 3.32. The van der Waals surface area contributed by atoms with Gasteiger partial charge in [-0.2, -0.15) is 0 Å². The Morgan fingerprint density at radius 2 is 1.85 bits per heavy atom. The van der Waals surface area contributed by atoms with Gasteiger partial charge in [-0.3, -0.25) is 0 Å². The first kappa shape index (κ1) is 17.6. The molecule has 0 aliphatic carbocycles. The smallest absolute Gasteiger partial charge is 0.243 e. The summed E-state index contributed by atoms with van der Waals surface area (Å²) < 4.78 is 27.4. The van der Waals surface area contributed by atoms with Crippen LogP contribution in [-0.2, 0) is 16.6 Å². The summed E-state index contributed by atoms with van der Waals surface area (Å²) in [5.74, 6) is 0. The monoisotopic (exact) mass is 362 g/mol. The van der Waals surface area contributed by atoms with Gasteiger partial charge >= 0.3 is 0 Å². The van der Waals surface area contributed by atoms with E-state index in [1.165, 1.54) is 4.31 Å². The van der Waals surface area contributed by atoms with E-state index < -0.39 is 10.0 Å². The molecule has 0 amide bonds. The Labute approximate surface area is 130 Å². The minimum absolute atomic E-state index is 0.102. The zero-order valence-corrected chi connectivity index (χ0v) is 15.1. The maximum absolute atomic E-state index is 12.7. The van der Waals surface area contributed by atoms with Gasteiger partial charge < -0.3 is 5.73 Å². The van der Waals surface area contributed by atoms with Crippen LogP contribution in [0, 0.1) is 12.3 Å². The van der Waals surface area contributed by atoms with Gasteiger partial charge in [0.2, 0.25) is 10.0 Å². The quantitative estimate of drug-likeness (QED) is 0.895. The lowest BCUT2D eigenvalue weighted by Crippen LogP contribution is -2.34. The lowest BCUT2D eigenvalue weighted by atomic mass is 9.97. The Kier molecular flexibility index (Phi) is 5.40. The van der Waals surface area contributed by atoms with E-state index in [9.17, 15) is 8.42 Å². The number of benzene rings is 1. The zero-order valence-electron chi connectivity index (χ0n) is 12.7. The van der Waals surface area contributed by atoms with Crippen LogP contribution >= 0.6 is 15.9 Å². The molecular weight excluding hydrogens is 340 g/mol. The van der Waals surface area contributed by atoms with Gasteiger partial charge in [-0.1, -0.05) is 26.8 Å². The normalized spacial score (nSPS) is 13.0. The average molecular weight is 363 g/mol. The van der Waals surface area contributed by atoms with Crippen molar-refractivity contribution < 1.29 is 8.42 Å². The topological polar surface area (TPSA) is 63.4 Å². The van der Waals surface area contributed by atoms with Crippen molar-refractivity contribution in [3.05, 3.63) is 27.7 Å². The molecule has 1 rings (SSSR count). The highest BCUT2D eigenvalue weighted by molar-refractivity contribution is 9.10. The van der Waals surface area contributed by atoms with Crippen molar-refractivity contribution in [3.8, 4) is 0 Å². The van der Waals surface area contributed by atoms with Crippen molar-refractivity contribution in [1.82, 2.24) is 4.31 Å². The summed E-state index contributed by atoms with van der Waals surface area (Å²) in [6.45, 7) is 8.67. The molecule has 0 aliphatic rings. The van der Waals surface area contributed by atoms with Crippen LogP contribution in [0.2, 0.25) is 0 Å². The molecule has 2 N–H and O–H groups in total. The second-order valence-corrected chi connectivity index (χ2v) is 9.06. The van der Waals surface area contributed by atoms with E-state index in [0.717, 1.165) is 11.1 Å². The third-order valence-electron chi connectivity index (χ3n) is 2.90. The van der Waals surface area contributed by atoms with E-state index >= 15 is 0 Å². The maximum atomic E-state index is 12.7. The largest absolute Gasteiger partial charge is 0.326 e. The van der Waals surface area contributed by atoms with Gasteiger partial charge in [0.1, 0.15) is 0 Å². The van der Waals surface area contributed by atoms with Crippen molar-refractivity contribution in [2.75, 3.05) is 13.6 Å². The highest BCUT2D eigenvalue weighted by Crippen LogP contribution is 2.30. The molecule has 0 fully saturated rings. The molecule has 6 heteroatoms. The van der Waals surface area contributed by atoms with Crippen LogP contribution < -0.4 is 5.73 Å². The molecule has 0 saturated heterocycles. The predicted octanol–water partition coefficient (Wildman–Crippen LogP) is 2.88. The molecule has 114 valence electrons. The van der Waals surface area contributed by atoms with Crippen LogP contribution in [0.4, 0.5) is 0 Å². The summed E-state index contributed by atoms with van der Waals surface area (Å²) in [4.78, 5) is 0.282. The Bertz CT molecular complexity index is 592. The van der Waals surface area contributed by atoms with Crippen molar-refractivity contribution in [2.45, 2.75) is 39.1 Å². The Morgan fingerprint density at radius 1 is 1.30 bits per heavy atom. The van der Waals surface area contributed by atoms with E-state index in [1.54, 1.807) is 13.1 Å². The molecule has 0 aromatic heterocycles. The highest BCUT2D eigenvalue weighted by Gasteiger charge is 2.27. The number of aryl methyl sites for hydroxylation is 1. The predicted molar refractivity (Wildman–Crippen MR) is 86.0 cm³/mol. The van der Waals surface area contributed by atoms with Crippen LogP contribution in [0.1, 0.15) is 31.9 Å². The summed E-state index contributed by atoms with van der Waals surface area (Å²) in [5.41, 5.74) is 7.22. The standard InChI is InChI=1S/C14H23BrN2O2S/c1-10-6-11(8-16)7-12(13(10)15)20(18,19)17(5)9-14(2,3)4/h6-7H,8-9,16H2,1-5H3. The van der Waals surface area contributed by atoms with E-state index in [4.69, 9.17) is 5.73 Å². The van der Waals surface area contributed by atoms with Crippen molar-refractivity contribution in [1.29, 1.82) is 0 Å². The fourth-order valence-electron chi connectivity index (χ4n) is 2.04. The summed E-state index contributed by atoms with van der Waals surface area (Å²) in [6, 6.07) is 3.54. The average Bonchev–Trinajstić information content (AvgIpc) is 2.29.